The van der Waals surface area contributed by atoms with Crippen LogP contribution in [0.25, 0.3) is 22.6 Å². The Morgan fingerprint density at radius 1 is 1.17 bits per heavy atom. The van der Waals surface area contributed by atoms with Crippen molar-refractivity contribution < 1.29 is 9.18 Å². The number of thioether (sulfide) groups is 1. The van der Waals surface area contributed by atoms with Gasteiger partial charge in [0.1, 0.15) is 5.82 Å². The molecule has 7 nitrogen and oxygen atoms in total. The number of carbonyl (C=O) groups is 1. The standard InChI is InChI=1S/C20H17FN6OS2/c1-12(18(28)24-19-23-16(11-29-19)13-6-3-2-4-7-13)30-20-26-25-17(27(20)22)14-8-5-9-15(21)10-14/h2-12H,22H2,1H3,(H,23,24,28). The lowest BCUT2D eigenvalue weighted by atomic mass is 10.2. The predicted octanol–water partition coefficient (Wildman–Crippen LogP) is 4.04. The molecular formula is C20H17FN6OS2. The quantitative estimate of drug-likeness (QED) is 0.347. The number of nitrogens with one attached hydrogen (secondary N) is 1. The van der Waals surface area contributed by atoms with Crippen molar-refractivity contribution in [3.63, 3.8) is 0 Å². The summed E-state index contributed by atoms with van der Waals surface area (Å²) in [5, 5.41) is 13.1. The van der Waals surface area contributed by atoms with Crippen molar-refractivity contribution in [3.8, 4) is 22.6 Å². The van der Waals surface area contributed by atoms with E-state index in [1.165, 1.54) is 28.1 Å². The van der Waals surface area contributed by atoms with Crippen molar-refractivity contribution in [2.24, 2.45) is 0 Å². The van der Waals surface area contributed by atoms with Crippen molar-refractivity contribution in [3.05, 3.63) is 65.8 Å². The Labute approximate surface area is 180 Å². The van der Waals surface area contributed by atoms with Gasteiger partial charge in [0.05, 0.1) is 10.9 Å². The zero-order valence-corrected chi connectivity index (χ0v) is 17.5. The van der Waals surface area contributed by atoms with Gasteiger partial charge < -0.3 is 11.2 Å². The predicted molar refractivity (Wildman–Crippen MR) is 117 cm³/mol. The third-order valence-corrected chi connectivity index (χ3v) is 6.02. The van der Waals surface area contributed by atoms with Crippen LogP contribution in [0.5, 0.6) is 0 Å². The van der Waals surface area contributed by atoms with Crippen molar-refractivity contribution in [1.82, 2.24) is 19.9 Å². The van der Waals surface area contributed by atoms with Gasteiger partial charge in [-0.25, -0.2) is 14.1 Å². The van der Waals surface area contributed by atoms with Gasteiger partial charge >= 0.3 is 0 Å². The first-order valence-corrected chi connectivity index (χ1v) is 10.7. The zero-order chi connectivity index (χ0) is 21.1. The highest BCUT2D eigenvalue weighted by Gasteiger charge is 2.21. The largest absolute Gasteiger partial charge is 0.335 e. The summed E-state index contributed by atoms with van der Waals surface area (Å²) in [4.78, 5) is 17.0. The molecule has 0 saturated heterocycles. The normalized spacial score (nSPS) is 11.9. The molecule has 0 aliphatic heterocycles. The maximum Gasteiger partial charge on any atom is 0.239 e. The minimum Gasteiger partial charge on any atom is -0.335 e. The first-order chi connectivity index (χ1) is 14.5. The Bertz CT molecular complexity index is 1180. The summed E-state index contributed by atoms with van der Waals surface area (Å²) in [6.07, 6.45) is 0. The third-order valence-electron chi connectivity index (χ3n) is 4.20. The van der Waals surface area contributed by atoms with Gasteiger partial charge in [0.2, 0.25) is 11.1 Å². The molecule has 10 heteroatoms. The van der Waals surface area contributed by atoms with E-state index in [1.807, 2.05) is 35.7 Å². The second kappa shape index (κ2) is 8.64. The van der Waals surface area contributed by atoms with Crippen LogP contribution in [0, 0.1) is 5.82 Å². The number of nitrogens with zero attached hydrogens (tertiary/aromatic N) is 4. The summed E-state index contributed by atoms with van der Waals surface area (Å²) in [5.74, 6) is 5.75. The molecule has 30 heavy (non-hydrogen) atoms. The molecule has 0 aliphatic rings. The number of hydrogen-bond acceptors (Lipinski definition) is 7. The number of hydrogen-bond donors (Lipinski definition) is 2. The number of halogens is 1. The molecule has 0 bridgehead atoms. The molecule has 3 N–H and O–H groups in total. The third kappa shape index (κ3) is 4.34. The van der Waals surface area contributed by atoms with Crippen LogP contribution < -0.4 is 11.2 Å². The fourth-order valence-electron chi connectivity index (χ4n) is 2.67. The summed E-state index contributed by atoms with van der Waals surface area (Å²) in [5.41, 5.74) is 2.29. The van der Waals surface area contributed by atoms with Crippen LogP contribution in [-0.4, -0.2) is 31.0 Å². The molecule has 1 amide bonds. The van der Waals surface area contributed by atoms with Crippen LogP contribution in [0.15, 0.2) is 65.1 Å². The van der Waals surface area contributed by atoms with Crippen molar-refractivity contribution in [1.29, 1.82) is 0 Å². The van der Waals surface area contributed by atoms with Crippen LogP contribution in [0.2, 0.25) is 0 Å². The monoisotopic (exact) mass is 440 g/mol. The average Bonchev–Trinajstić information content (AvgIpc) is 3.36. The summed E-state index contributed by atoms with van der Waals surface area (Å²) >= 11 is 2.51. The molecule has 0 fully saturated rings. The van der Waals surface area contributed by atoms with E-state index in [0.717, 1.165) is 23.0 Å². The highest BCUT2D eigenvalue weighted by Crippen LogP contribution is 2.28. The van der Waals surface area contributed by atoms with Gasteiger partial charge in [-0.05, 0) is 19.1 Å². The average molecular weight is 441 g/mol. The van der Waals surface area contributed by atoms with Gasteiger partial charge in [-0.1, -0.05) is 54.2 Å². The minimum absolute atomic E-state index is 0.232. The van der Waals surface area contributed by atoms with E-state index < -0.39 is 11.1 Å². The van der Waals surface area contributed by atoms with Crippen LogP contribution in [0.1, 0.15) is 6.92 Å². The van der Waals surface area contributed by atoms with E-state index in [0.29, 0.717) is 21.7 Å². The molecule has 152 valence electrons. The number of carbonyl (C=O) groups excluding carboxylic acids is 1. The van der Waals surface area contributed by atoms with Crippen molar-refractivity contribution in [2.45, 2.75) is 17.3 Å². The van der Waals surface area contributed by atoms with Crippen LogP contribution in [0.3, 0.4) is 0 Å². The van der Waals surface area contributed by atoms with E-state index in [4.69, 9.17) is 5.84 Å². The SMILES string of the molecule is CC(Sc1nnc(-c2cccc(F)c2)n1N)C(=O)Nc1nc(-c2ccccc2)cs1. The second-order valence-corrected chi connectivity index (χ2v) is 8.51. The molecule has 0 aliphatic carbocycles. The molecule has 0 radical (unpaired) electrons. The maximum absolute atomic E-state index is 13.5. The van der Waals surface area contributed by atoms with E-state index in [1.54, 1.807) is 19.1 Å². The topological polar surface area (TPSA) is 98.7 Å². The van der Waals surface area contributed by atoms with Gasteiger partial charge in [-0.15, -0.1) is 21.5 Å². The highest BCUT2D eigenvalue weighted by atomic mass is 32.2. The van der Waals surface area contributed by atoms with E-state index in [-0.39, 0.29) is 5.91 Å². The Balaban J connectivity index is 1.43. The summed E-state index contributed by atoms with van der Waals surface area (Å²) in [6.45, 7) is 1.74. The molecule has 4 rings (SSSR count). The summed E-state index contributed by atoms with van der Waals surface area (Å²) in [7, 11) is 0. The highest BCUT2D eigenvalue weighted by molar-refractivity contribution is 8.00. The molecule has 2 heterocycles. The van der Waals surface area contributed by atoms with Crippen LogP contribution >= 0.6 is 23.1 Å². The zero-order valence-electron chi connectivity index (χ0n) is 15.8. The van der Waals surface area contributed by atoms with Crippen LogP contribution in [-0.2, 0) is 4.79 Å². The molecule has 0 saturated carbocycles. The van der Waals surface area contributed by atoms with E-state index >= 15 is 0 Å². The molecule has 1 unspecified atom stereocenters. The molecule has 1 atom stereocenters. The van der Waals surface area contributed by atoms with Gasteiger partial charge in [-0.2, -0.15) is 0 Å². The maximum atomic E-state index is 13.5. The summed E-state index contributed by atoms with van der Waals surface area (Å²) < 4.78 is 14.7. The number of amides is 1. The number of anilines is 1. The lowest BCUT2D eigenvalue weighted by Gasteiger charge is -2.10. The smallest absolute Gasteiger partial charge is 0.239 e. The summed E-state index contributed by atoms with van der Waals surface area (Å²) in [6, 6.07) is 15.7. The Hall–Kier alpha value is -3.24. The first kappa shape index (κ1) is 20.0. The minimum atomic E-state index is -0.499. The Morgan fingerprint density at radius 3 is 2.70 bits per heavy atom. The molecule has 4 aromatic rings. The van der Waals surface area contributed by atoms with E-state index in [2.05, 4.69) is 20.5 Å². The lowest BCUT2D eigenvalue weighted by molar-refractivity contribution is -0.115. The number of thiazole rings is 1. The Kier molecular flexibility index (Phi) is 5.77. The van der Waals surface area contributed by atoms with Gasteiger partial charge in [0.25, 0.3) is 0 Å². The number of nitrogen functional groups attached to an aromatic ring is 1. The molecule has 2 aromatic heterocycles. The number of aromatic nitrogens is 4. The number of nitrogens with two attached hydrogens (primary N) is 1. The van der Waals surface area contributed by atoms with Crippen molar-refractivity contribution in [2.75, 3.05) is 11.2 Å². The number of rotatable bonds is 6. The van der Waals surface area contributed by atoms with Gasteiger partial charge in [0.15, 0.2) is 11.0 Å². The van der Waals surface area contributed by atoms with E-state index in [9.17, 15) is 9.18 Å². The fourth-order valence-corrected chi connectivity index (χ4v) is 4.17. The molecule has 2 aromatic carbocycles. The van der Waals surface area contributed by atoms with Crippen LogP contribution in [0.4, 0.5) is 9.52 Å². The first-order valence-electron chi connectivity index (χ1n) is 8.96. The fraction of sp³-hybridized carbons (Fsp3) is 0.100. The lowest BCUT2D eigenvalue weighted by Crippen LogP contribution is -2.23. The second-order valence-electron chi connectivity index (χ2n) is 6.34. The molecule has 0 spiro atoms. The van der Waals surface area contributed by atoms with Gasteiger partial charge in [0, 0.05) is 16.5 Å². The van der Waals surface area contributed by atoms with Crippen molar-refractivity contribution >= 4 is 34.1 Å². The van der Waals surface area contributed by atoms with Gasteiger partial charge in [-0.3, -0.25) is 4.79 Å². The Morgan fingerprint density at radius 2 is 1.93 bits per heavy atom. The molecular weight excluding hydrogens is 423 g/mol. The number of benzene rings is 2.